The summed E-state index contributed by atoms with van der Waals surface area (Å²) in [7, 11) is 1.59. The number of hydrogen-bond donors (Lipinski definition) is 1. The second-order valence-corrected chi connectivity index (χ2v) is 6.64. The minimum Gasteiger partial charge on any atom is -0.497 e. The molecule has 0 saturated heterocycles. The number of anilines is 1. The highest BCUT2D eigenvalue weighted by Gasteiger charge is 2.20. The van der Waals surface area contributed by atoms with Crippen LogP contribution in [0.3, 0.4) is 0 Å². The SMILES string of the molecule is COc1ccc2oc(-c3csc(NC(=O)c4ccccc4[N+](=O)[O-])n3)cc2c1. The van der Waals surface area contributed by atoms with Gasteiger partial charge in [0.1, 0.15) is 22.6 Å². The third-order valence-electron chi connectivity index (χ3n) is 4.05. The van der Waals surface area contributed by atoms with Crippen molar-refractivity contribution < 1.29 is 18.9 Å². The molecule has 8 nitrogen and oxygen atoms in total. The molecule has 4 aromatic rings. The molecule has 0 unspecified atom stereocenters. The third kappa shape index (κ3) is 3.30. The van der Waals surface area contributed by atoms with E-state index < -0.39 is 10.8 Å². The van der Waals surface area contributed by atoms with Gasteiger partial charge >= 0.3 is 0 Å². The van der Waals surface area contributed by atoms with E-state index in [1.807, 2.05) is 12.1 Å². The Morgan fingerprint density at radius 1 is 1.25 bits per heavy atom. The molecule has 1 amide bonds. The summed E-state index contributed by atoms with van der Waals surface area (Å²) in [5, 5.41) is 16.6. The van der Waals surface area contributed by atoms with Gasteiger partial charge in [-0.2, -0.15) is 0 Å². The molecule has 0 bridgehead atoms. The van der Waals surface area contributed by atoms with Gasteiger partial charge in [-0.1, -0.05) is 12.1 Å². The first-order valence-corrected chi connectivity index (χ1v) is 9.01. The lowest BCUT2D eigenvalue weighted by molar-refractivity contribution is -0.385. The van der Waals surface area contributed by atoms with Crippen molar-refractivity contribution in [3.05, 3.63) is 69.6 Å². The average molecular weight is 395 g/mol. The minimum atomic E-state index is -0.595. The predicted octanol–water partition coefficient (Wildman–Crippen LogP) is 4.73. The lowest BCUT2D eigenvalue weighted by Crippen LogP contribution is -2.13. The molecule has 9 heteroatoms. The van der Waals surface area contributed by atoms with Gasteiger partial charge in [0.2, 0.25) is 0 Å². The van der Waals surface area contributed by atoms with Gasteiger partial charge in [0.15, 0.2) is 10.9 Å². The van der Waals surface area contributed by atoms with Gasteiger partial charge in [-0.15, -0.1) is 11.3 Å². The normalized spacial score (nSPS) is 10.8. The summed E-state index contributed by atoms with van der Waals surface area (Å²) >= 11 is 1.20. The number of ether oxygens (including phenoxy) is 1. The predicted molar refractivity (Wildman–Crippen MR) is 105 cm³/mol. The van der Waals surface area contributed by atoms with Crippen LogP contribution in [0, 0.1) is 10.1 Å². The Labute approximate surface area is 162 Å². The first kappa shape index (κ1) is 17.7. The summed E-state index contributed by atoms with van der Waals surface area (Å²) in [5.41, 5.74) is 0.954. The summed E-state index contributed by atoms with van der Waals surface area (Å²) in [4.78, 5) is 27.3. The number of furan rings is 1. The van der Waals surface area contributed by atoms with Crippen LogP contribution in [-0.2, 0) is 0 Å². The van der Waals surface area contributed by atoms with Crippen LogP contribution in [0.1, 0.15) is 10.4 Å². The van der Waals surface area contributed by atoms with Crippen molar-refractivity contribution in [2.24, 2.45) is 0 Å². The van der Waals surface area contributed by atoms with Crippen molar-refractivity contribution in [2.75, 3.05) is 12.4 Å². The van der Waals surface area contributed by atoms with Crippen LogP contribution in [0.2, 0.25) is 0 Å². The fourth-order valence-corrected chi connectivity index (χ4v) is 3.40. The van der Waals surface area contributed by atoms with Gasteiger partial charge in [0.05, 0.1) is 12.0 Å². The number of nitro groups is 1. The Kier molecular flexibility index (Phi) is 4.50. The molecule has 4 rings (SSSR count). The maximum atomic E-state index is 12.4. The summed E-state index contributed by atoms with van der Waals surface area (Å²) in [6, 6.07) is 13.0. The number of fused-ring (bicyclic) bond motifs is 1. The number of carbonyl (C=O) groups is 1. The Morgan fingerprint density at radius 2 is 2.07 bits per heavy atom. The van der Waals surface area contributed by atoms with Crippen molar-refractivity contribution in [1.29, 1.82) is 0 Å². The number of hydrogen-bond acceptors (Lipinski definition) is 7. The summed E-state index contributed by atoms with van der Waals surface area (Å²) in [6.45, 7) is 0. The van der Waals surface area contributed by atoms with Crippen LogP contribution in [0.4, 0.5) is 10.8 Å². The molecule has 1 N–H and O–H groups in total. The first-order valence-electron chi connectivity index (χ1n) is 8.13. The van der Waals surface area contributed by atoms with Crippen molar-refractivity contribution in [3.63, 3.8) is 0 Å². The third-order valence-corrected chi connectivity index (χ3v) is 4.80. The van der Waals surface area contributed by atoms with Gasteiger partial charge in [-0.25, -0.2) is 4.98 Å². The Bertz CT molecular complexity index is 1200. The zero-order valence-electron chi connectivity index (χ0n) is 14.5. The van der Waals surface area contributed by atoms with E-state index in [9.17, 15) is 14.9 Å². The number of methoxy groups -OCH3 is 1. The zero-order chi connectivity index (χ0) is 19.7. The number of rotatable bonds is 5. The Balaban J connectivity index is 1.58. The van der Waals surface area contributed by atoms with E-state index in [2.05, 4.69) is 10.3 Å². The Hall–Kier alpha value is -3.72. The molecule has 0 aliphatic carbocycles. The van der Waals surface area contributed by atoms with Crippen molar-refractivity contribution >= 4 is 39.0 Å². The van der Waals surface area contributed by atoms with E-state index in [1.54, 1.807) is 30.7 Å². The van der Waals surface area contributed by atoms with Gasteiger partial charge in [-0.3, -0.25) is 20.2 Å². The highest BCUT2D eigenvalue weighted by atomic mass is 32.1. The van der Waals surface area contributed by atoms with E-state index in [1.165, 1.54) is 29.5 Å². The number of para-hydroxylation sites is 1. The second kappa shape index (κ2) is 7.12. The summed E-state index contributed by atoms with van der Waals surface area (Å²) < 4.78 is 11.0. The molecule has 2 heterocycles. The van der Waals surface area contributed by atoms with Crippen LogP contribution in [-0.4, -0.2) is 22.9 Å². The molecule has 0 spiro atoms. The van der Waals surface area contributed by atoms with E-state index in [0.29, 0.717) is 22.2 Å². The van der Waals surface area contributed by atoms with E-state index >= 15 is 0 Å². The van der Waals surface area contributed by atoms with E-state index in [-0.39, 0.29) is 11.3 Å². The largest absolute Gasteiger partial charge is 0.497 e. The molecule has 0 aliphatic heterocycles. The van der Waals surface area contributed by atoms with Crippen molar-refractivity contribution in [3.8, 4) is 17.2 Å². The maximum Gasteiger partial charge on any atom is 0.282 e. The highest BCUT2D eigenvalue weighted by molar-refractivity contribution is 7.14. The molecule has 0 aliphatic rings. The van der Waals surface area contributed by atoms with Crippen molar-refractivity contribution in [2.45, 2.75) is 0 Å². The zero-order valence-corrected chi connectivity index (χ0v) is 15.4. The van der Waals surface area contributed by atoms with Crippen LogP contribution < -0.4 is 10.1 Å². The fourth-order valence-electron chi connectivity index (χ4n) is 2.71. The number of thiazole rings is 1. The molecule has 0 fully saturated rings. The average Bonchev–Trinajstić information content (AvgIpc) is 3.33. The molecule has 28 heavy (non-hydrogen) atoms. The maximum absolute atomic E-state index is 12.4. The quantitative estimate of drug-likeness (QED) is 0.387. The van der Waals surface area contributed by atoms with Gasteiger partial charge < -0.3 is 9.15 Å². The first-order chi connectivity index (χ1) is 13.5. The molecule has 0 radical (unpaired) electrons. The number of nitro benzene ring substituents is 1. The molecule has 2 aromatic heterocycles. The standard InChI is InChI=1S/C19H13N3O5S/c1-26-12-6-7-16-11(8-12)9-17(27-16)14-10-28-19(20-14)21-18(23)13-4-2-3-5-15(13)22(24)25/h2-10H,1H3,(H,20,21,23). The van der Waals surface area contributed by atoms with Crippen LogP contribution in [0.5, 0.6) is 5.75 Å². The number of benzene rings is 2. The van der Waals surface area contributed by atoms with E-state index in [0.717, 1.165) is 11.1 Å². The number of nitrogens with zero attached hydrogens (tertiary/aromatic N) is 2. The minimum absolute atomic E-state index is 0.0277. The van der Waals surface area contributed by atoms with Crippen molar-refractivity contribution in [1.82, 2.24) is 4.98 Å². The molecule has 0 saturated carbocycles. The Morgan fingerprint density at radius 3 is 2.86 bits per heavy atom. The summed E-state index contributed by atoms with van der Waals surface area (Å²) in [6.07, 6.45) is 0. The highest BCUT2D eigenvalue weighted by Crippen LogP contribution is 2.32. The molecular weight excluding hydrogens is 382 g/mol. The monoisotopic (exact) mass is 395 g/mol. The second-order valence-electron chi connectivity index (χ2n) is 5.78. The molecule has 140 valence electrons. The van der Waals surface area contributed by atoms with Crippen LogP contribution >= 0.6 is 11.3 Å². The molecule has 0 atom stereocenters. The van der Waals surface area contributed by atoms with Gasteiger partial charge in [0.25, 0.3) is 11.6 Å². The lowest BCUT2D eigenvalue weighted by Gasteiger charge is -2.02. The summed E-state index contributed by atoms with van der Waals surface area (Å²) in [5.74, 6) is 0.670. The topological polar surface area (TPSA) is 108 Å². The lowest BCUT2D eigenvalue weighted by atomic mass is 10.1. The fraction of sp³-hybridized carbons (Fsp3) is 0.0526. The molecular formula is C19H13N3O5S. The number of nitrogens with one attached hydrogen (secondary N) is 1. The van der Waals surface area contributed by atoms with Crippen LogP contribution in [0.25, 0.3) is 22.4 Å². The number of amides is 1. The van der Waals surface area contributed by atoms with Gasteiger partial charge in [0, 0.05) is 16.8 Å². The van der Waals surface area contributed by atoms with E-state index in [4.69, 9.17) is 9.15 Å². The number of aromatic nitrogens is 1. The number of carbonyl (C=O) groups excluding carboxylic acids is 1. The van der Waals surface area contributed by atoms with Crippen LogP contribution in [0.15, 0.2) is 58.3 Å². The molecule has 2 aromatic carbocycles. The smallest absolute Gasteiger partial charge is 0.282 e. The van der Waals surface area contributed by atoms with Gasteiger partial charge in [-0.05, 0) is 30.3 Å².